The van der Waals surface area contributed by atoms with Crippen LogP contribution in [0.2, 0.25) is 0 Å². The Hall–Kier alpha value is -5.43. The molecule has 0 aliphatic carbocycles. The van der Waals surface area contributed by atoms with Crippen molar-refractivity contribution >= 4 is 23.0 Å². The van der Waals surface area contributed by atoms with Crippen molar-refractivity contribution in [3.05, 3.63) is 105 Å². The van der Waals surface area contributed by atoms with Gasteiger partial charge in [-0.1, -0.05) is 0 Å². The second-order valence-electron chi connectivity index (χ2n) is 10.8. The number of carbonyl (C=O) groups excluding carboxylic acids is 1. The Morgan fingerprint density at radius 2 is 1.71 bits per heavy atom. The minimum absolute atomic E-state index is 0.140. The Kier molecular flexibility index (Phi) is 8.09. The van der Waals surface area contributed by atoms with Crippen molar-refractivity contribution < 1.29 is 23.4 Å². The lowest BCUT2D eigenvalue weighted by Crippen LogP contribution is -2.40. The van der Waals surface area contributed by atoms with Gasteiger partial charge in [0.25, 0.3) is 0 Å². The molecule has 2 aromatic carbocycles. The highest BCUT2D eigenvalue weighted by Gasteiger charge is 2.20. The van der Waals surface area contributed by atoms with Crippen LogP contribution in [0, 0.1) is 12.7 Å². The number of rotatable bonds is 7. The van der Waals surface area contributed by atoms with Gasteiger partial charge in [0, 0.05) is 30.9 Å². The number of hydrogen-bond donors (Lipinski definition) is 1. The van der Waals surface area contributed by atoms with Crippen LogP contribution in [-0.4, -0.2) is 51.1 Å². The van der Waals surface area contributed by atoms with Gasteiger partial charge in [-0.05, 0) is 74.9 Å². The maximum Gasteiger partial charge on any atom is 0.417 e. The van der Waals surface area contributed by atoms with Gasteiger partial charge in [0.2, 0.25) is 5.75 Å². The first-order valence-corrected chi connectivity index (χ1v) is 14.4. The van der Waals surface area contributed by atoms with Crippen molar-refractivity contribution in [2.45, 2.75) is 26.8 Å². The average Bonchev–Trinajstić information content (AvgIpc) is 3.50. The number of ether oxygens (including phenoxy) is 3. The lowest BCUT2D eigenvalue weighted by atomic mass is 10.2. The smallest absolute Gasteiger partial charge is 0.417 e. The number of halogens is 1. The number of hydrogen-bond acceptors (Lipinski definition) is 8. The maximum absolute atomic E-state index is 13.5. The largest absolute Gasteiger partial charge is 0.455 e. The number of nitrogens with zero attached hydrogens (tertiary/aromatic N) is 5. The third kappa shape index (κ3) is 6.15. The zero-order chi connectivity index (χ0) is 31.7. The quantitative estimate of drug-likeness (QED) is 0.275. The van der Waals surface area contributed by atoms with E-state index in [4.69, 9.17) is 14.2 Å². The highest BCUT2D eigenvalue weighted by atomic mass is 19.1. The molecule has 0 saturated carbocycles. The van der Waals surface area contributed by atoms with E-state index in [2.05, 4.69) is 15.3 Å². The van der Waals surface area contributed by atoms with Crippen LogP contribution in [0.15, 0.2) is 82.8 Å². The molecule has 1 saturated heterocycles. The predicted molar refractivity (Wildman–Crippen MR) is 166 cm³/mol. The summed E-state index contributed by atoms with van der Waals surface area (Å²) in [6.07, 6.45) is 3.93. The first kappa shape index (κ1) is 29.6. The van der Waals surface area contributed by atoms with Gasteiger partial charge in [-0.25, -0.2) is 23.1 Å². The number of aromatic nitrogens is 4. The molecule has 0 spiro atoms. The standard InChI is InChI=1S/C32H31FN6O6/c1-20(2)37-19-29(30(40)39(32(37)42)24-7-4-22(33)5-8-24)45-31(41)35-23-6-9-27(21(3)16-23)44-28-17-25(36-12-14-43-15-13-36)18-38-26(28)10-11-34-38/h4-11,16-20H,12-15H2,1-3H3,(H,35,41). The highest BCUT2D eigenvalue weighted by molar-refractivity contribution is 5.86. The zero-order valence-corrected chi connectivity index (χ0v) is 24.9. The molecule has 3 aromatic heterocycles. The number of carbonyl (C=O) groups is 1. The molecule has 1 aliphatic rings. The molecule has 6 rings (SSSR count). The number of nitrogens with one attached hydrogen (secondary N) is 1. The van der Waals surface area contributed by atoms with E-state index in [1.54, 1.807) is 42.8 Å². The lowest BCUT2D eigenvalue weighted by molar-refractivity contribution is 0.122. The van der Waals surface area contributed by atoms with Gasteiger partial charge in [0.05, 0.1) is 43.2 Å². The van der Waals surface area contributed by atoms with Crippen LogP contribution in [0.5, 0.6) is 17.2 Å². The summed E-state index contributed by atoms with van der Waals surface area (Å²) >= 11 is 0. The molecule has 45 heavy (non-hydrogen) atoms. The Bertz CT molecular complexity index is 1990. The maximum atomic E-state index is 13.5. The van der Waals surface area contributed by atoms with Gasteiger partial charge in [0.1, 0.15) is 17.1 Å². The molecule has 1 N–H and O–H groups in total. The number of morpholine rings is 1. The molecular weight excluding hydrogens is 583 g/mol. The summed E-state index contributed by atoms with van der Waals surface area (Å²) in [5.41, 5.74) is 1.53. The van der Waals surface area contributed by atoms with E-state index in [0.717, 1.165) is 46.6 Å². The van der Waals surface area contributed by atoms with Crippen LogP contribution in [0.3, 0.4) is 0 Å². The van der Waals surface area contributed by atoms with Crippen LogP contribution < -0.4 is 30.9 Å². The fourth-order valence-electron chi connectivity index (χ4n) is 5.07. The Morgan fingerprint density at radius 1 is 0.956 bits per heavy atom. The van der Waals surface area contributed by atoms with E-state index >= 15 is 0 Å². The number of aryl methyl sites for hydroxylation is 1. The second-order valence-corrected chi connectivity index (χ2v) is 10.8. The number of fused-ring (bicyclic) bond motifs is 1. The molecule has 0 radical (unpaired) electrons. The normalized spacial score (nSPS) is 13.3. The number of benzene rings is 2. The monoisotopic (exact) mass is 614 g/mol. The number of pyridine rings is 1. The molecule has 0 atom stereocenters. The van der Waals surface area contributed by atoms with Crippen molar-refractivity contribution in [1.82, 2.24) is 18.7 Å². The summed E-state index contributed by atoms with van der Waals surface area (Å²) in [6, 6.07) is 13.4. The topological polar surface area (TPSA) is 121 Å². The summed E-state index contributed by atoms with van der Waals surface area (Å²) in [7, 11) is 0. The Balaban J connectivity index is 1.22. The number of amides is 1. The molecule has 0 unspecified atom stereocenters. The fourth-order valence-corrected chi connectivity index (χ4v) is 5.07. The van der Waals surface area contributed by atoms with E-state index in [1.807, 2.05) is 25.3 Å². The van der Waals surface area contributed by atoms with E-state index in [-0.39, 0.29) is 17.5 Å². The molecule has 12 nitrogen and oxygen atoms in total. The van der Waals surface area contributed by atoms with Gasteiger partial charge in [0.15, 0.2) is 5.75 Å². The van der Waals surface area contributed by atoms with Crippen molar-refractivity contribution in [1.29, 1.82) is 0 Å². The van der Waals surface area contributed by atoms with Crippen molar-refractivity contribution in [2.24, 2.45) is 0 Å². The molecule has 1 amide bonds. The summed E-state index contributed by atoms with van der Waals surface area (Å²) < 4.78 is 34.6. The van der Waals surface area contributed by atoms with Crippen LogP contribution in [0.1, 0.15) is 25.5 Å². The fraction of sp³-hybridized carbons (Fsp3) is 0.250. The molecular formula is C32H31FN6O6. The SMILES string of the molecule is Cc1cc(NC(=O)Oc2cn(C(C)C)c(=O)n(-c3ccc(F)cc3)c2=O)ccc1Oc1cc(N2CCOCC2)cn2nccc12. The third-order valence-corrected chi connectivity index (χ3v) is 7.40. The van der Waals surface area contributed by atoms with Crippen LogP contribution in [-0.2, 0) is 4.74 Å². The summed E-state index contributed by atoms with van der Waals surface area (Å²) in [5, 5.41) is 7.01. The van der Waals surface area contributed by atoms with Crippen LogP contribution in [0.4, 0.5) is 20.6 Å². The minimum Gasteiger partial charge on any atom is -0.455 e. The summed E-state index contributed by atoms with van der Waals surface area (Å²) in [6.45, 7) is 8.15. The third-order valence-electron chi connectivity index (χ3n) is 7.40. The van der Waals surface area contributed by atoms with E-state index in [0.29, 0.717) is 30.4 Å². The molecule has 0 bridgehead atoms. The molecule has 5 aromatic rings. The minimum atomic E-state index is -0.932. The summed E-state index contributed by atoms with van der Waals surface area (Å²) in [4.78, 5) is 41.4. The van der Waals surface area contributed by atoms with Crippen LogP contribution >= 0.6 is 0 Å². The molecule has 1 aliphatic heterocycles. The van der Waals surface area contributed by atoms with Gasteiger partial charge in [-0.3, -0.25) is 14.7 Å². The number of anilines is 2. The Morgan fingerprint density at radius 3 is 2.42 bits per heavy atom. The first-order valence-electron chi connectivity index (χ1n) is 14.4. The second kappa shape index (κ2) is 12.3. The van der Waals surface area contributed by atoms with E-state index < -0.39 is 23.2 Å². The molecule has 232 valence electrons. The zero-order valence-electron chi connectivity index (χ0n) is 24.9. The lowest BCUT2D eigenvalue weighted by Gasteiger charge is -2.29. The van der Waals surface area contributed by atoms with Crippen molar-refractivity contribution in [3.63, 3.8) is 0 Å². The molecule has 13 heteroatoms. The van der Waals surface area contributed by atoms with Gasteiger partial charge in [-0.2, -0.15) is 5.10 Å². The van der Waals surface area contributed by atoms with Gasteiger partial charge < -0.3 is 19.1 Å². The van der Waals surface area contributed by atoms with Gasteiger partial charge >= 0.3 is 17.3 Å². The summed E-state index contributed by atoms with van der Waals surface area (Å²) in [5.74, 6) is 0.303. The van der Waals surface area contributed by atoms with Crippen LogP contribution in [0.25, 0.3) is 11.2 Å². The van der Waals surface area contributed by atoms with Crippen molar-refractivity contribution in [3.8, 4) is 22.9 Å². The van der Waals surface area contributed by atoms with E-state index in [9.17, 15) is 18.8 Å². The van der Waals surface area contributed by atoms with E-state index in [1.165, 1.54) is 22.9 Å². The predicted octanol–water partition coefficient (Wildman–Crippen LogP) is 4.92. The molecule has 4 heterocycles. The van der Waals surface area contributed by atoms with Crippen molar-refractivity contribution in [2.75, 3.05) is 36.5 Å². The van der Waals surface area contributed by atoms with Gasteiger partial charge in [-0.15, -0.1) is 0 Å². The average molecular weight is 615 g/mol. The highest BCUT2D eigenvalue weighted by Crippen LogP contribution is 2.33. The molecule has 1 fully saturated rings. The first-order chi connectivity index (χ1) is 21.7. The Labute approximate surface area is 256 Å².